The fourth-order valence-electron chi connectivity index (χ4n) is 2.94. The zero-order valence-corrected chi connectivity index (χ0v) is 13.6. The van der Waals surface area contributed by atoms with Gasteiger partial charge in [0.15, 0.2) is 5.78 Å². The van der Waals surface area contributed by atoms with Gasteiger partial charge in [-0.3, -0.25) is 14.9 Å². The van der Waals surface area contributed by atoms with Gasteiger partial charge in [0.1, 0.15) is 12.4 Å². The second-order valence-corrected chi connectivity index (χ2v) is 5.92. The van der Waals surface area contributed by atoms with E-state index < -0.39 is 4.92 Å². The van der Waals surface area contributed by atoms with Gasteiger partial charge in [0.25, 0.3) is 5.69 Å². The summed E-state index contributed by atoms with van der Waals surface area (Å²) in [6.07, 6.45) is 0. The Kier molecular flexibility index (Phi) is 3.85. The standard InChI is InChI=1S/C20H14N2O4/c23-20-17-7-2-1-4-13(17)12-26-19-11-15(8-9-18(19)20)21-14-5-3-6-16(10-14)22(24)25/h1-11,21H,12H2. The third-order valence-electron chi connectivity index (χ3n) is 4.22. The molecule has 0 radical (unpaired) electrons. The first kappa shape index (κ1) is 15.8. The van der Waals surface area contributed by atoms with Crippen molar-refractivity contribution in [3.05, 3.63) is 93.5 Å². The first-order chi connectivity index (χ1) is 12.6. The molecule has 0 bridgehead atoms. The number of anilines is 2. The summed E-state index contributed by atoms with van der Waals surface area (Å²) < 4.78 is 5.82. The van der Waals surface area contributed by atoms with Crippen molar-refractivity contribution in [2.24, 2.45) is 0 Å². The SMILES string of the molecule is O=C1c2ccccc2COc2cc(Nc3cccc([N+](=O)[O-])c3)ccc21. The van der Waals surface area contributed by atoms with Gasteiger partial charge in [-0.25, -0.2) is 0 Å². The van der Waals surface area contributed by atoms with E-state index in [0.29, 0.717) is 34.9 Å². The van der Waals surface area contributed by atoms with Gasteiger partial charge in [0, 0.05) is 40.7 Å². The normalized spacial score (nSPS) is 12.4. The van der Waals surface area contributed by atoms with Crippen molar-refractivity contribution in [2.75, 3.05) is 5.32 Å². The number of rotatable bonds is 3. The van der Waals surface area contributed by atoms with Crippen LogP contribution in [-0.2, 0) is 6.61 Å². The molecule has 0 unspecified atom stereocenters. The molecule has 3 aromatic carbocycles. The molecule has 1 heterocycles. The number of ketones is 1. The molecule has 6 heteroatoms. The van der Waals surface area contributed by atoms with Crippen molar-refractivity contribution >= 4 is 22.8 Å². The molecule has 0 aliphatic carbocycles. The van der Waals surface area contributed by atoms with Crippen molar-refractivity contribution in [1.82, 2.24) is 0 Å². The minimum atomic E-state index is -0.443. The number of hydrogen-bond acceptors (Lipinski definition) is 5. The smallest absolute Gasteiger partial charge is 0.271 e. The van der Waals surface area contributed by atoms with Crippen LogP contribution in [0, 0.1) is 10.1 Å². The summed E-state index contributed by atoms with van der Waals surface area (Å²) in [6, 6.07) is 18.8. The number of non-ortho nitro benzene ring substituents is 1. The number of nitro groups is 1. The molecular weight excluding hydrogens is 332 g/mol. The zero-order valence-electron chi connectivity index (χ0n) is 13.6. The Bertz CT molecular complexity index is 1030. The number of nitrogens with one attached hydrogen (secondary N) is 1. The fourth-order valence-corrected chi connectivity index (χ4v) is 2.94. The van der Waals surface area contributed by atoms with Crippen LogP contribution in [0.25, 0.3) is 0 Å². The lowest BCUT2D eigenvalue weighted by Gasteiger charge is -2.11. The molecular formula is C20H14N2O4. The first-order valence-corrected chi connectivity index (χ1v) is 8.03. The van der Waals surface area contributed by atoms with Crippen molar-refractivity contribution < 1.29 is 14.5 Å². The van der Waals surface area contributed by atoms with Crippen molar-refractivity contribution in [1.29, 1.82) is 0 Å². The zero-order chi connectivity index (χ0) is 18.1. The third kappa shape index (κ3) is 2.88. The number of fused-ring (bicyclic) bond motifs is 2. The highest BCUT2D eigenvalue weighted by Gasteiger charge is 2.22. The van der Waals surface area contributed by atoms with Crippen molar-refractivity contribution in [2.45, 2.75) is 6.61 Å². The van der Waals surface area contributed by atoms with Crippen LogP contribution in [0.15, 0.2) is 66.7 Å². The Hall–Kier alpha value is -3.67. The van der Waals surface area contributed by atoms with Gasteiger partial charge < -0.3 is 10.1 Å². The quantitative estimate of drug-likeness (QED) is 0.559. The maximum Gasteiger partial charge on any atom is 0.271 e. The van der Waals surface area contributed by atoms with Crippen LogP contribution in [-0.4, -0.2) is 10.7 Å². The van der Waals surface area contributed by atoms with E-state index in [9.17, 15) is 14.9 Å². The molecule has 26 heavy (non-hydrogen) atoms. The van der Waals surface area contributed by atoms with E-state index in [4.69, 9.17) is 4.74 Å². The molecule has 0 amide bonds. The molecule has 1 aliphatic heterocycles. The van der Waals surface area contributed by atoms with E-state index in [0.717, 1.165) is 5.56 Å². The van der Waals surface area contributed by atoms with Crippen LogP contribution >= 0.6 is 0 Å². The number of hydrogen-bond donors (Lipinski definition) is 1. The summed E-state index contributed by atoms with van der Waals surface area (Å²) in [4.78, 5) is 23.2. The van der Waals surface area contributed by atoms with Crippen LogP contribution < -0.4 is 10.1 Å². The van der Waals surface area contributed by atoms with Crippen LogP contribution in [0.4, 0.5) is 17.1 Å². The predicted octanol–water partition coefficient (Wildman–Crippen LogP) is 4.46. The number of nitro benzene ring substituents is 1. The Morgan fingerprint density at radius 3 is 2.58 bits per heavy atom. The third-order valence-corrected chi connectivity index (χ3v) is 4.22. The molecule has 4 rings (SSSR count). The largest absolute Gasteiger partial charge is 0.488 e. The summed E-state index contributed by atoms with van der Waals surface area (Å²) in [6.45, 7) is 0.315. The average molecular weight is 346 g/mol. The topological polar surface area (TPSA) is 81.5 Å². The predicted molar refractivity (Wildman–Crippen MR) is 97.0 cm³/mol. The summed E-state index contributed by atoms with van der Waals surface area (Å²) in [5.74, 6) is 0.414. The van der Waals surface area contributed by atoms with E-state index in [-0.39, 0.29) is 11.5 Å². The summed E-state index contributed by atoms with van der Waals surface area (Å²) in [7, 11) is 0. The average Bonchev–Trinajstić information content (AvgIpc) is 2.79. The second kappa shape index (κ2) is 6.33. The number of carbonyl (C=O) groups is 1. The molecule has 6 nitrogen and oxygen atoms in total. The molecule has 0 saturated carbocycles. The molecule has 128 valence electrons. The summed E-state index contributed by atoms with van der Waals surface area (Å²) in [5, 5.41) is 14.0. The van der Waals surface area contributed by atoms with Crippen LogP contribution in [0.2, 0.25) is 0 Å². The van der Waals surface area contributed by atoms with E-state index in [2.05, 4.69) is 5.32 Å². The summed E-state index contributed by atoms with van der Waals surface area (Å²) >= 11 is 0. The van der Waals surface area contributed by atoms with Gasteiger partial charge in [0.2, 0.25) is 0 Å². The maximum absolute atomic E-state index is 12.7. The second-order valence-electron chi connectivity index (χ2n) is 5.92. The molecule has 0 spiro atoms. The van der Waals surface area contributed by atoms with E-state index >= 15 is 0 Å². The molecule has 3 aromatic rings. The van der Waals surface area contributed by atoms with Crippen LogP contribution in [0.1, 0.15) is 21.5 Å². The van der Waals surface area contributed by atoms with Gasteiger partial charge in [0.05, 0.1) is 10.5 Å². The Labute approximate surface area is 149 Å². The Morgan fingerprint density at radius 2 is 1.73 bits per heavy atom. The molecule has 1 aliphatic rings. The van der Waals surface area contributed by atoms with E-state index in [1.165, 1.54) is 12.1 Å². The van der Waals surface area contributed by atoms with E-state index in [1.807, 2.05) is 18.2 Å². The van der Waals surface area contributed by atoms with E-state index in [1.54, 1.807) is 36.4 Å². The van der Waals surface area contributed by atoms with Gasteiger partial charge >= 0.3 is 0 Å². The highest BCUT2D eigenvalue weighted by atomic mass is 16.6. The first-order valence-electron chi connectivity index (χ1n) is 8.03. The summed E-state index contributed by atoms with van der Waals surface area (Å²) in [5.41, 5.74) is 3.27. The Morgan fingerprint density at radius 1 is 0.923 bits per heavy atom. The van der Waals surface area contributed by atoms with Crippen LogP contribution in [0.5, 0.6) is 5.75 Å². The van der Waals surface area contributed by atoms with Crippen LogP contribution in [0.3, 0.4) is 0 Å². The molecule has 0 fully saturated rings. The number of nitrogens with zero attached hydrogens (tertiary/aromatic N) is 1. The number of carbonyl (C=O) groups excluding carboxylic acids is 1. The lowest BCUT2D eigenvalue weighted by atomic mass is 9.99. The van der Waals surface area contributed by atoms with Gasteiger partial charge in [-0.15, -0.1) is 0 Å². The number of benzene rings is 3. The molecule has 0 atom stereocenters. The fraction of sp³-hybridized carbons (Fsp3) is 0.0500. The number of ether oxygens (including phenoxy) is 1. The van der Waals surface area contributed by atoms with Crippen molar-refractivity contribution in [3.63, 3.8) is 0 Å². The highest BCUT2D eigenvalue weighted by Crippen LogP contribution is 2.32. The molecule has 0 saturated heterocycles. The van der Waals surface area contributed by atoms with Gasteiger partial charge in [-0.2, -0.15) is 0 Å². The highest BCUT2D eigenvalue weighted by molar-refractivity contribution is 6.12. The minimum absolute atomic E-state index is 0.00615. The van der Waals surface area contributed by atoms with Gasteiger partial charge in [-0.1, -0.05) is 30.3 Å². The molecule has 1 N–H and O–H groups in total. The lowest BCUT2D eigenvalue weighted by Crippen LogP contribution is -2.02. The lowest BCUT2D eigenvalue weighted by molar-refractivity contribution is -0.384. The molecule has 0 aromatic heterocycles. The van der Waals surface area contributed by atoms with Gasteiger partial charge in [-0.05, 0) is 18.2 Å². The minimum Gasteiger partial charge on any atom is -0.488 e. The maximum atomic E-state index is 12.7. The van der Waals surface area contributed by atoms with Crippen molar-refractivity contribution in [3.8, 4) is 5.75 Å². The Balaban J connectivity index is 1.65. The monoisotopic (exact) mass is 346 g/mol.